The highest BCUT2D eigenvalue weighted by molar-refractivity contribution is 7.89. The van der Waals surface area contributed by atoms with Crippen LogP contribution < -0.4 is 10.1 Å². The highest BCUT2D eigenvalue weighted by Crippen LogP contribution is 2.39. The first-order valence-corrected chi connectivity index (χ1v) is 11.5. The van der Waals surface area contributed by atoms with Gasteiger partial charge in [-0.1, -0.05) is 0 Å². The highest BCUT2D eigenvalue weighted by atomic mass is 32.2. The molecule has 0 aliphatic carbocycles. The van der Waals surface area contributed by atoms with Gasteiger partial charge in [0.2, 0.25) is 10.0 Å². The Morgan fingerprint density at radius 1 is 1.15 bits per heavy atom. The summed E-state index contributed by atoms with van der Waals surface area (Å²) >= 11 is 0. The van der Waals surface area contributed by atoms with Crippen LogP contribution in [0.1, 0.15) is 51.4 Å². The predicted octanol–water partition coefficient (Wildman–Crippen LogP) is 2.32. The van der Waals surface area contributed by atoms with Gasteiger partial charge in [0.1, 0.15) is 11.9 Å². The van der Waals surface area contributed by atoms with E-state index in [1.54, 1.807) is 12.4 Å². The normalized spacial score (nSPS) is 32.0. The molecule has 1 unspecified atom stereocenters. The molecule has 3 aliphatic heterocycles. The van der Waals surface area contributed by atoms with E-state index in [1.807, 2.05) is 16.4 Å². The molecule has 7 heteroatoms. The smallest absolute Gasteiger partial charge is 0.214 e. The lowest BCUT2D eigenvalue weighted by atomic mass is 10.0. The number of rotatable bonds is 7. The molecule has 2 bridgehead atoms. The Kier molecular flexibility index (Phi) is 5.47. The van der Waals surface area contributed by atoms with Gasteiger partial charge in [0.15, 0.2) is 0 Å². The maximum absolute atomic E-state index is 12.9. The van der Waals surface area contributed by atoms with Gasteiger partial charge in [0.05, 0.1) is 5.75 Å². The van der Waals surface area contributed by atoms with Gasteiger partial charge in [-0.15, -0.1) is 0 Å². The van der Waals surface area contributed by atoms with Gasteiger partial charge in [-0.2, -0.15) is 4.31 Å². The Balaban J connectivity index is 1.33. The second-order valence-corrected chi connectivity index (χ2v) is 9.85. The fourth-order valence-corrected chi connectivity index (χ4v) is 6.90. The van der Waals surface area contributed by atoms with Crippen LogP contribution in [0.4, 0.5) is 0 Å². The van der Waals surface area contributed by atoms with Crippen LogP contribution in [-0.2, 0) is 10.0 Å². The van der Waals surface area contributed by atoms with Gasteiger partial charge in [-0.25, -0.2) is 8.42 Å². The Bertz CT molecular complexity index is 677. The van der Waals surface area contributed by atoms with Gasteiger partial charge in [0.25, 0.3) is 0 Å². The van der Waals surface area contributed by atoms with Gasteiger partial charge in [-0.05, 0) is 57.2 Å². The average molecular weight is 380 g/mol. The van der Waals surface area contributed by atoms with E-state index >= 15 is 0 Å². The number of pyridine rings is 1. The first-order chi connectivity index (χ1) is 12.6. The summed E-state index contributed by atoms with van der Waals surface area (Å²) in [4.78, 5) is 4.01. The summed E-state index contributed by atoms with van der Waals surface area (Å²) < 4.78 is 33.8. The molecule has 0 aromatic carbocycles. The number of hydrogen-bond acceptors (Lipinski definition) is 5. The van der Waals surface area contributed by atoms with E-state index in [0.29, 0.717) is 6.04 Å². The van der Waals surface area contributed by atoms with Crippen molar-refractivity contribution in [1.29, 1.82) is 0 Å². The minimum Gasteiger partial charge on any atom is -0.490 e. The van der Waals surface area contributed by atoms with Crippen LogP contribution in [0.5, 0.6) is 5.75 Å². The lowest BCUT2D eigenvalue weighted by Gasteiger charge is -2.38. The number of nitrogens with zero attached hydrogens (tertiary/aromatic N) is 2. The first-order valence-electron chi connectivity index (χ1n) is 9.93. The minimum atomic E-state index is -3.17. The number of aromatic nitrogens is 1. The third-order valence-electron chi connectivity index (χ3n) is 6.01. The molecule has 1 aromatic rings. The van der Waals surface area contributed by atoms with Crippen LogP contribution in [0.3, 0.4) is 0 Å². The van der Waals surface area contributed by atoms with Crippen LogP contribution in [0.25, 0.3) is 0 Å². The minimum absolute atomic E-state index is 0.101. The molecule has 4 heterocycles. The molecule has 144 valence electrons. The maximum atomic E-state index is 12.9. The molecule has 1 N–H and O–H groups in total. The summed E-state index contributed by atoms with van der Waals surface area (Å²) in [6.07, 6.45) is 11.2. The molecular weight excluding hydrogens is 350 g/mol. The zero-order valence-corrected chi connectivity index (χ0v) is 16.0. The summed E-state index contributed by atoms with van der Waals surface area (Å²) in [7, 11) is -3.17. The lowest BCUT2D eigenvalue weighted by Crippen LogP contribution is -2.49. The Morgan fingerprint density at radius 3 is 2.54 bits per heavy atom. The van der Waals surface area contributed by atoms with Crippen LogP contribution in [-0.4, -0.2) is 54.2 Å². The number of nitrogens with one attached hydrogen (secondary N) is 1. The van der Waals surface area contributed by atoms with Crippen LogP contribution >= 0.6 is 0 Å². The Hall–Kier alpha value is -1.18. The van der Waals surface area contributed by atoms with Crippen molar-refractivity contribution in [2.24, 2.45) is 0 Å². The van der Waals surface area contributed by atoms with Crippen molar-refractivity contribution in [3.05, 3.63) is 24.5 Å². The molecule has 1 aromatic heterocycles. The van der Waals surface area contributed by atoms with Gasteiger partial charge in [-0.3, -0.25) is 4.98 Å². The SMILES string of the molecule is O=S(=O)(CCC[C@@H]1CCCN1)N1[C@@H]2CC[C@H]1CC(Oc1ccncc1)C2. The van der Waals surface area contributed by atoms with Crippen molar-refractivity contribution in [2.45, 2.75) is 75.6 Å². The van der Waals surface area contributed by atoms with Crippen molar-refractivity contribution < 1.29 is 13.2 Å². The van der Waals surface area contributed by atoms with E-state index in [4.69, 9.17) is 4.74 Å². The summed E-state index contributed by atoms with van der Waals surface area (Å²) in [5, 5.41) is 3.45. The molecule has 26 heavy (non-hydrogen) atoms. The zero-order valence-electron chi connectivity index (χ0n) is 15.2. The largest absolute Gasteiger partial charge is 0.490 e. The number of piperidine rings is 1. The van der Waals surface area contributed by atoms with E-state index in [9.17, 15) is 8.42 Å². The van der Waals surface area contributed by atoms with Crippen molar-refractivity contribution in [1.82, 2.24) is 14.6 Å². The standard InChI is InChI=1S/C19H29N3O3S/c23-26(24,12-2-4-15-3-1-9-21-15)22-16-5-6-17(22)14-19(13-16)25-18-7-10-20-11-8-18/h7-8,10-11,15-17,19,21H,1-6,9,12-14H2/t15-,16-,17+,19?/m0/s1. The zero-order chi connectivity index (χ0) is 18.0. The molecule has 0 radical (unpaired) electrons. The Morgan fingerprint density at radius 2 is 1.88 bits per heavy atom. The highest BCUT2D eigenvalue weighted by Gasteiger charge is 2.47. The number of fused-ring (bicyclic) bond motifs is 2. The molecular formula is C19H29N3O3S. The second-order valence-electron chi connectivity index (χ2n) is 7.86. The molecule has 0 spiro atoms. The molecule has 3 aliphatic rings. The van der Waals surface area contributed by atoms with Crippen LogP contribution in [0, 0.1) is 0 Å². The predicted molar refractivity (Wildman–Crippen MR) is 101 cm³/mol. The van der Waals surface area contributed by atoms with Crippen LogP contribution in [0.15, 0.2) is 24.5 Å². The molecule has 4 atom stereocenters. The monoisotopic (exact) mass is 379 g/mol. The average Bonchev–Trinajstić information content (AvgIpc) is 3.23. The topological polar surface area (TPSA) is 71.5 Å². The molecule has 0 saturated carbocycles. The van der Waals surface area contributed by atoms with E-state index in [-0.39, 0.29) is 23.9 Å². The fraction of sp³-hybridized carbons (Fsp3) is 0.737. The van der Waals surface area contributed by atoms with E-state index in [2.05, 4.69) is 10.3 Å². The van der Waals surface area contributed by atoms with E-state index < -0.39 is 10.0 Å². The number of hydrogen-bond donors (Lipinski definition) is 1. The fourth-order valence-electron chi connectivity index (χ4n) is 4.86. The lowest BCUT2D eigenvalue weighted by molar-refractivity contribution is 0.0956. The maximum Gasteiger partial charge on any atom is 0.214 e. The molecule has 6 nitrogen and oxygen atoms in total. The molecule has 3 saturated heterocycles. The van der Waals surface area contributed by atoms with E-state index in [0.717, 1.165) is 50.8 Å². The van der Waals surface area contributed by atoms with Crippen molar-refractivity contribution in [2.75, 3.05) is 12.3 Å². The molecule has 0 amide bonds. The molecule has 4 rings (SSSR count). The van der Waals surface area contributed by atoms with Crippen LogP contribution in [0.2, 0.25) is 0 Å². The second kappa shape index (κ2) is 7.82. The molecule has 3 fully saturated rings. The van der Waals surface area contributed by atoms with Gasteiger partial charge in [0, 0.05) is 43.4 Å². The van der Waals surface area contributed by atoms with E-state index in [1.165, 1.54) is 12.8 Å². The summed E-state index contributed by atoms with van der Waals surface area (Å²) in [6, 6.07) is 4.45. The van der Waals surface area contributed by atoms with Crippen molar-refractivity contribution in [3.8, 4) is 5.75 Å². The number of sulfonamides is 1. The summed E-state index contributed by atoms with van der Waals surface area (Å²) in [6.45, 7) is 1.08. The summed E-state index contributed by atoms with van der Waals surface area (Å²) in [5.74, 6) is 1.11. The van der Waals surface area contributed by atoms with Gasteiger partial charge < -0.3 is 10.1 Å². The Labute approximate surface area is 156 Å². The summed E-state index contributed by atoms with van der Waals surface area (Å²) in [5.41, 5.74) is 0. The van der Waals surface area contributed by atoms with Gasteiger partial charge >= 0.3 is 0 Å². The number of ether oxygens (including phenoxy) is 1. The van der Waals surface area contributed by atoms with Crippen molar-refractivity contribution in [3.63, 3.8) is 0 Å². The van der Waals surface area contributed by atoms with Crippen molar-refractivity contribution >= 4 is 10.0 Å². The first kappa shape index (κ1) is 18.2. The third-order valence-corrected chi connectivity index (χ3v) is 8.06. The third kappa shape index (κ3) is 4.05. The quantitative estimate of drug-likeness (QED) is 0.787.